The molecule has 1 N–H and O–H groups in total. The van der Waals surface area contributed by atoms with Crippen LogP contribution < -0.4 is 0 Å². The van der Waals surface area contributed by atoms with Gasteiger partial charge in [0.05, 0.1) is 25.9 Å². The molecule has 0 aromatic carbocycles. The van der Waals surface area contributed by atoms with Gasteiger partial charge < -0.3 is 14.6 Å². The van der Waals surface area contributed by atoms with E-state index >= 15 is 0 Å². The Morgan fingerprint density at radius 2 is 1.12 bits per heavy atom. The van der Waals surface area contributed by atoms with Crippen molar-refractivity contribution in [2.24, 2.45) is 0 Å². The van der Waals surface area contributed by atoms with Crippen LogP contribution in [0.25, 0.3) is 0 Å². The average molecular weight is 353 g/mol. The molecule has 3 heteroatoms. The third-order valence-corrected chi connectivity index (χ3v) is 3.53. The first-order valence-corrected chi connectivity index (χ1v) is 8.61. The van der Waals surface area contributed by atoms with Gasteiger partial charge in [-0.3, -0.25) is 0 Å². The Morgan fingerprint density at radius 3 is 1.58 bits per heavy atom. The summed E-state index contributed by atoms with van der Waals surface area (Å²) in [6, 6.07) is 0. The fraction of sp³-hybridized carbons (Fsp3) is 1.00. The van der Waals surface area contributed by atoms with Crippen LogP contribution in [-0.4, -0.2) is 37.6 Å². The van der Waals surface area contributed by atoms with Crippen molar-refractivity contribution in [3.63, 3.8) is 0 Å². The van der Waals surface area contributed by atoms with Crippen molar-refractivity contribution in [3.8, 4) is 0 Å². The lowest BCUT2D eigenvalue weighted by molar-refractivity contribution is -0.0108. The zero-order chi connectivity index (χ0) is 14.9. The molecular formula is C21H52O3. The van der Waals surface area contributed by atoms with Gasteiger partial charge in [-0.1, -0.05) is 94.4 Å². The highest BCUT2D eigenvalue weighted by molar-refractivity contribution is 4.48. The summed E-state index contributed by atoms with van der Waals surface area (Å²) >= 11 is 0. The lowest BCUT2D eigenvalue weighted by Gasteiger charge is -2.10. The van der Waals surface area contributed by atoms with Crippen LogP contribution >= 0.6 is 0 Å². The number of rotatable bonds is 16. The monoisotopic (exact) mass is 352 g/mol. The van der Waals surface area contributed by atoms with Crippen molar-refractivity contribution in [1.82, 2.24) is 0 Å². The highest BCUT2D eigenvalue weighted by atomic mass is 16.5. The van der Waals surface area contributed by atoms with Gasteiger partial charge in [0, 0.05) is 6.61 Å². The molecule has 0 aliphatic carbocycles. The van der Waals surface area contributed by atoms with E-state index in [1.54, 1.807) is 0 Å². The van der Waals surface area contributed by atoms with Gasteiger partial charge in [0.25, 0.3) is 0 Å². The second-order valence-electron chi connectivity index (χ2n) is 5.66. The van der Waals surface area contributed by atoms with Crippen LogP contribution in [0, 0.1) is 0 Å². The van der Waals surface area contributed by atoms with Crippen molar-refractivity contribution in [2.45, 2.75) is 114 Å². The second kappa shape index (κ2) is 30.7. The topological polar surface area (TPSA) is 38.7 Å². The normalized spacial score (nSPS) is 10.6. The van der Waals surface area contributed by atoms with Crippen LogP contribution in [0.3, 0.4) is 0 Å². The van der Waals surface area contributed by atoms with E-state index in [0.717, 1.165) is 13.0 Å². The van der Waals surface area contributed by atoms with E-state index in [1.165, 1.54) is 57.8 Å². The maximum absolute atomic E-state index is 8.77. The van der Waals surface area contributed by atoms with Crippen molar-refractivity contribution < 1.29 is 14.6 Å². The molecule has 3 nitrogen and oxygen atoms in total. The van der Waals surface area contributed by atoms with Crippen LogP contribution in [0.15, 0.2) is 0 Å². The quantitative estimate of drug-likeness (QED) is 0.308. The molecule has 154 valence electrons. The van der Waals surface area contributed by atoms with E-state index in [-0.39, 0.29) is 42.4 Å². The average Bonchev–Trinajstić information content (AvgIpc) is 2.47. The van der Waals surface area contributed by atoms with Gasteiger partial charge in [0.15, 0.2) is 0 Å². The third kappa shape index (κ3) is 29.8. The van der Waals surface area contributed by atoms with Crippen LogP contribution in [0.5, 0.6) is 0 Å². The Kier molecular flexibility index (Phi) is 44.9. The number of ether oxygens (including phenoxy) is 2. The first-order valence-electron chi connectivity index (χ1n) is 8.61. The van der Waals surface area contributed by atoms with E-state index in [0.29, 0.717) is 13.2 Å². The Bertz CT molecular complexity index is 174. The van der Waals surface area contributed by atoms with Crippen LogP contribution in [-0.2, 0) is 9.47 Å². The highest BCUT2D eigenvalue weighted by Crippen LogP contribution is 2.10. The zero-order valence-electron chi connectivity index (χ0n) is 13.7. The predicted octanol–water partition coefficient (Wildman–Crippen LogP) is 6.87. The summed E-state index contributed by atoms with van der Waals surface area (Å²) in [6.07, 6.45) is 13.5. The molecule has 0 fully saturated rings. The largest absolute Gasteiger partial charge is 0.394 e. The maximum Gasteiger partial charge on any atom is 0.0778 e. The minimum atomic E-state index is -0.0732. The lowest BCUT2D eigenvalue weighted by atomic mass is 10.1. The predicted molar refractivity (Wildman–Crippen MR) is 112 cm³/mol. The van der Waals surface area contributed by atoms with Crippen LogP contribution in [0.4, 0.5) is 0 Å². The van der Waals surface area contributed by atoms with Gasteiger partial charge in [-0.2, -0.15) is 0 Å². The molecular weight excluding hydrogens is 300 g/mol. The molecule has 0 saturated heterocycles. The molecule has 0 rings (SSSR count). The summed E-state index contributed by atoms with van der Waals surface area (Å²) in [6.45, 7) is 6.27. The smallest absolute Gasteiger partial charge is 0.0778 e. The van der Waals surface area contributed by atoms with Crippen molar-refractivity contribution in [2.75, 3.05) is 26.4 Å². The Balaban J connectivity index is -0.000000301. The summed E-state index contributed by atoms with van der Waals surface area (Å²) in [4.78, 5) is 0. The number of aliphatic hydroxyl groups excluding tert-OH is 1. The molecule has 0 radical (unpaired) electrons. The fourth-order valence-electron chi connectivity index (χ4n) is 2.15. The molecule has 0 saturated carbocycles. The summed E-state index contributed by atoms with van der Waals surface area (Å²) < 4.78 is 10.8. The molecule has 0 heterocycles. The molecule has 0 aromatic heterocycles. The first-order chi connectivity index (χ1) is 9.81. The molecule has 1 unspecified atom stereocenters. The summed E-state index contributed by atoms with van der Waals surface area (Å²) in [5, 5.41) is 8.77. The van der Waals surface area contributed by atoms with Crippen molar-refractivity contribution in [1.29, 1.82) is 0 Å². The van der Waals surface area contributed by atoms with E-state index in [2.05, 4.69) is 6.92 Å². The van der Waals surface area contributed by atoms with Gasteiger partial charge >= 0.3 is 0 Å². The molecule has 0 spiro atoms. The summed E-state index contributed by atoms with van der Waals surface area (Å²) in [5.41, 5.74) is 0. The van der Waals surface area contributed by atoms with E-state index in [1.807, 2.05) is 6.92 Å². The van der Waals surface area contributed by atoms with Gasteiger partial charge in [0.2, 0.25) is 0 Å². The molecule has 24 heavy (non-hydrogen) atoms. The van der Waals surface area contributed by atoms with Crippen molar-refractivity contribution >= 4 is 0 Å². The second-order valence-corrected chi connectivity index (χ2v) is 5.66. The van der Waals surface area contributed by atoms with Gasteiger partial charge in [-0.05, 0) is 13.3 Å². The van der Waals surface area contributed by atoms with Gasteiger partial charge in [0.1, 0.15) is 0 Å². The SMILES string of the molecule is C.C.C.C.CCCCCCCCCCCCOCCOC(C)CO. The Hall–Kier alpha value is -0.120. The molecule has 0 bridgehead atoms. The lowest BCUT2D eigenvalue weighted by Crippen LogP contribution is -2.16. The maximum atomic E-state index is 8.77. The third-order valence-electron chi connectivity index (χ3n) is 3.53. The minimum Gasteiger partial charge on any atom is -0.394 e. The number of hydrogen-bond donors (Lipinski definition) is 1. The minimum absolute atomic E-state index is 0. The molecule has 0 aliphatic heterocycles. The molecule has 0 aliphatic rings. The summed E-state index contributed by atoms with van der Waals surface area (Å²) in [5.74, 6) is 0. The van der Waals surface area contributed by atoms with Gasteiger partial charge in [-0.25, -0.2) is 0 Å². The number of aliphatic hydroxyl groups is 1. The fourth-order valence-corrected chi connectivity index (χ4v) is 2.15. The van der Waals surface area contributed by atoms with Crippen molar-refractivity contribution in [3.05, 3.63) is 0 Å². The summed E-state index contributed by atoms with van der Waals surface area (Å²) in [7, 11) is 0. The van der Waals surface area contributed by atoms with Crippen LogP contribution in [0.1, 0.15) is 108 Å². The standard InChI is InChI=1S/C17H36O3.4CH4/c1-3-4-5-6-7-8-9-10-11-12-13-19-14-15-20-17(2)16-18;;;;/h17-18H,3-16H2,1-2H3;4*1H4. The number of unbranched alkanes of at least 4 members (excludes halogenated alkanes) is 9. The Labute approximate surface area is 155 Å². The van der Waals surface area contributed by atoms with E-state index in [4.69, 9.17) is 14.6 Å². The van der Waals surface area contributed by atoms with Crippen LogP contribution in [0.2, 0.25) is 0 Å². The Morgan fingerprint density at radius 1 is 0.667 bits per heavy atom. The molecule has 0 aromatic rings. The molecule has 0 amide bonds. The number of hydrogen-bond acceptors (Lipinski definition) is 3. The first kappa shape index (κ1) is 35.1. The molecule has 1 atom stereocenters. The van der Waals surface area contributed by atoms with E-state index < -0.39 is 0 Å². The zero-order valence-corrected chi connectivity index (χ0v) is 13.7. The van der Waals surface area contributed by atoms with E-state index in [9.17, 15) is 0 Å². The van der Waals surface area contributed by atoms with Gasteiger partial charge in [-0.15, -0.1) is 0 Å². The highest BCUT2D eigenvalue weighted by Gasteiger charge is 1.98.